The van der Waals surface area contributed by atoms with Gasteiger partial charge in [-0.3, -0.25) is 14.2 Å². The van der Waals surface area contributed by atoms with Gasteiger partial charge in [-0.05, 0) is 30.3 Å². The van der Waals surface area contributed by atoms with E-state index in [4.69, 9.17) is 21.1 Å². The fourth-order valence-corrected chi connectivity index (χ4v) is 5.00. The van der Waals surface area contributed by atoms with Gasteiger partial charge in [-0.2, -0.15) is 0 Å². The number of amides is 1. The first-order valence-corrected chi connectivity index (χ1v) is 10.3. The molecule has 10 heteroatoms. The van der Waals surface area contributed by atoms with Crippen LogP contribution in [0.1, 0.15) is 5.56 Å². The van der Waals surface area contributed by atoms with Crippen LogP contribution in [0.3, 0.4) is 0 Å². The number of fused-ring (bicyclic) bond motifs is 3. The number of benzene rings is 2. The Morgan fingerprint density at radius 3 is 2.87 bits per heavy atom. The van der Waals surface area contributed by atoms with Gasteiger partial charge in [-0.25, -0.2) is 4.99 Å². The van der Waals surface area contributed by atoms with Crippen LogP contribution in [-0.4, -0.2) is 23.9 Å². The lowest BCUT2D eigenvalue weighted by Crippen LogP contribution is -2.43. The minimum atomic E-state index is -0.309. The van der Waals surface area contributed by atoms with Gasteiger partial charge in [-0.15, -0.1) is 0 Å². The summed E-state index contributed by atoms with van der Waals surface area (Å²) >= 11 is 7.34. The SMILES string of the molecule is O=C1Nc2ccc(Cl)cc2/C1=c1/sc2n(c1=O)CN(c1ccc3c(c1)OCO3)CN=2. The van der Waals surface area contributed by atoms with Crippen molar-refractivity contribution in [2.24, 2.45) is 4.99 Å². The van der Waals surface area contributed by atoms with Crippen molar-refractivity contribution in [2.45, 2.75) is 6.67 Å². The molecule has 3 aliphatic heterocycles. The molecule has 8 nitrogen and oxygen atoms in total. The van der Waals surface area contributed by atoms with Crippen LogP contribution < -0.4 is 34.6 Å². The van der Waals surface area contributed by atoms with Crippen molar-refractivity contribution < 1.29 is 14.3 Å². The highest BCUT2D eigenvalue weighted by Crippen LogP contribution is 2.36. The summed E-state index contributed by atoms with van der Waals surface area (Å²) in [4.78, 5) is 32.9. The molecule has 0 fully saturated rings. The van der Waals surface area contributed by atoms with Crippen LogP contribution >= 0.6 is 22.9 Å². The zero-order valence-electron chi connectivity index (χ0n) is 15.3. The molecule has 0 radical (unpaired) electrons. The molecule has 3 aliphatic rings. The molecule has 0 saturated carbocycles. The van der Waals surface area contributed by atoms with E-state index in [0.717, 1.165) is 5.69 Å². The van der Waals surface area contributed by atoms with E-state index in [1.807, 2.05) is 23.1 Å². The number of aromatic nitrogens is 1. The highest BCUT2D eigenvalue weighted by Gasteiger charge is 2.28. The van der Waals surface area contributed by atoms with E-state index in [9.17, 15) is 9.59 Å². The maximum absolute atomic E-state index is 13.2. The lowest BCUT2D eigenvalue weighted by atomic mass is 10.1. The van der Waals surface area contributed by atoms with Crippen molar-refractivity contribution in [2.75, 3.05) is 23.7 Å². The zero-order valence-corrected chi connectivity index (χ0v) is 16.9. The number of halogens is 1. The third-order valence-electron chi connectivity index (χ3n) is 5.23. The molecule has 0 saturated heterocycles. The van der Waals surface area contributed by atoms with Crippen molar-refractivity contribution in [3.05, 3.63) is 66.7 Å². The summed E-state index contributed by atoms with van der Waals surface area (Å²) in [6.45, 7) is 0.918. The minimum Gasteiger partial charge on any atom is -0.454 e. The maximum atomic E-state index is 13.2. The lowest BCUT2D eigenvalue weighted by Gasteiger charge is -2.25. The third-order valence-corrected chi connectivity index (χ3v) is 6.58. The number of rotatable bonds is 1. The van der Waals surface area contributed by atoms with Gasteiger partial charge >= 0.3 is 0 Å². The number of carbonyl (C=O) groups is 1. The Kier molecular flexibility index (Phi) is 3.71. The number of ether oxygens (including phenoxy) is 2. The molecule has 1 N–H and O–H groups in total. The largest absolute Gasteiger partial charge is 0.454 e. The Morgan fingerprint density at radius 1 is 1.10 bits per heavy atom. The van der Waals surface area contributed by atoms with Gasteiger partial charge in [0, 0.05) is 28.0 Å². The molecular weight excluding hydrogens is 428 g/mol. The number of nitrogens with zero attached hydrogens (tertiary/aromatic N) is 3. The lowest BCUT2D eigenvalue weighted by molar-refractivity contribution is -0.110. The zero-order chi connectivity index (χ0) is 20.4. The topological polar surface area (TPSA) is 85.2 Å². The number of anilines is 2. The number of hydrogen-bond donors (Lipinski definition) is 1. The smallest absolute Gasteiger partial charge is 0.272 e. The molecule has 0 unspecified atom stereocenters. The molecule has 1 aromatic heterocycles. The number of nitrogens with one attached hydrogen (secondary N) is 1. The second-order valence-corrected chi connectivity index (χ2v) is 8.40. The second-order valence-electron chi connectivity index (χ2n) is 6.98. The van der Waals surface area contributed by atoms with Gasteiger partial charge in [0.15, 0.2) is 16.3 Å². The van der Waals surface area contributed by atoms with Crippen LogP contribution in [0.15, 0.2) is 46.2 Å². The summed E-state index contributed by atoms with van der Waals surface area (Å²) in [6, 6.07) is 10.8. The standard InChI is InChI=1S/C20H13ClN4O4S/c21-10-1-3-13-12(5-10)16(18(26)23-13)17-19(27)25-8-24(7-22-20(25)30-17)11-2-4-14-15(6-11)29-9-28-14/h1-6H,7-9H2,(H,23,26)/b17-16-. The second kappa shape index (κ2) is 6.35. The first-order chi connectivity index (χ1) is 14.6. The average molecular weight is 441 g/mol. The van der Waals surface area contributed by atoms with Gasteiger partial charge in [-0.1, -0.05) is 22.9 Å². The molecule has 0 atom stereocenters. The summed E-state index contributed by atoms with van der Waals surface area (Å²) in [5, 5.41) is 3.30. The molecule has 0 spiro atoms. The van der Waals surface area contributed by atoms with Gasteiger partial charge in [0.05, 0.1) is 5.57 Å². The summed E-state index contributed by atoms with van der Waals surface area (Å²) in [5.74, 6) is 1.06. The van der Waals surface area contributed by atoms with Crippen LogP contribution in [0.2, 0.25) is 5.02 Å². The summed E-state index contributed by atoms with van der Waals surface area (Å²) < 4.78 is 12.7. The molecule has 6 rings (SSSR count). The number of carbonyl (C=O) groups excluding carboxylic acids is 1. The first-order valence-electron chi connectivity index (χ1n) is 9.13. The van der Waals surface area contributed by atoms with Crippen molar-refractivity contribution >= 4 is 45.8 Å². The molecular formula is C20H13ClN4O4S. The Bertz CT molecular complexity index is 1430. The van der Waals surface area contributed by atoms with Crippen LogP contribution in [0, 0.1) is 0 Å². The van der Waals surface area contributed by atoms with E-state index < -0.39 is 0 Å². The Hall–Kier alpha value is -3.30. The predicted octanol–water partition coefficient (Wildman–Crippen LogP) is 1.50. The molecule has 30 heavy (non-hydrogen) atoms. The van der Waals surface area contributed by atoms with Crippen molar-refractivity contribution in [3.8, 4) is 11.5 Å². The first kappa shape index (κ1) is 17.5. The average Bonchev–Trinajstić information content (AvgIpc) is 3.42. The van der Waals surface area contributed by atoms with Crippen molar-refractivity contribution in [1.82, 2.24) is 4.57 Å². The van der Waals surface area contributed by atoms with Crippen LogP contribution in [-0.2, 0) is 11.5 Å². The monoisotopic (exact) mass is 440 g/mol. The highest BCUT2D eigenvalue weighted by atomic mass is 35.5. The predicted molar refractivity (Wildman–Crippen MR) is 112 cm³/mol. The molecule has 150 valence electrons. The van der Waals surface area contributed by atoms with Gasteiger partial charge in [0.25, 0.3) is 11.5 Å². The Morgan fingerprint density at radius 2 is 1.97 bits per heavy atom. The fraction of sp³-hybridized carbons (Fsp3) is 0.150. The normalized spacial score (nSPS) is 18.0. The fourth-order valence-electron chi connectivity index (χ4n) is 3.77. The molecule has 3 aromatic rings. The van der Waals surface area contributed by atoms with Crippen LogP contribution in [0.5, 0.6) is 11.5 Å². The summed E-state index contributed by atoms with van der Waals surface area (Å²) in [6.07, 6.45) is 0. The Balaban J connectivity index is 1.45. The van der Waals surface area contributed by atoms with Gasteiger partial charge < -0.3 is 19.7 Å². The molecule has 1 amide bonds. The third kappa shape index (κ3) is 2.55. The van der Waals surface area contributed by atoms with E-state index in [0.29, 0.717) is 56.0 Å². The highest BCUT2D eigenvalue weighted by molar-refractivity contribution is 7.07. The van der Waals surface area contributed by atoms with Crippen molar-refractivity contribution in [1.29, 1.82) is 0 Å². The number of thiazole rings is 1. The summed E-state index contributed by atoms with van der Waals surface area (Å²) in [7, 11) is 0. The van der Waals surface area contributed by atoms with E-state index in [1.165, 1.54) is 11.3 Å². The molecule has 0 bridgehead atoms. The van der Waals surface area contributed by atoms with Gasteiger partial charge in [0.2, 0.25) is 6.79 Å². The minimum absolute atomic E-state index is 0.201. The van der Waals surface area contributed by atoms with Crippen LogP contribution in [0.4, 0.5) is 11.4 Å². The van der Waals surface area contributed by atoms with Crippen LogP contribution in [0.25, 0.3) is 5.57 Å². The molecule has 0 aliphatic carbocycles. The van der Waals surface area contributed by atoms with E-state index >= 15 is 0 Å². The van der Waals surface area contributed by atoms with Crippen molar-refractivity contribution in [3.63, 3.8) is 0 Å². The quantitative estimate of drug-likeness (QED) is 0.620. The number of hydrogen-bond acceptors (Lipinski definition) is 7. The van der Waals surface area contributed by atoms with E-state index in [-0.39, 0.29) is 18.3 Å². The van der Waals surface area contributed by atoms with E-state index in [2.05, 4.69) is 10.3 Å². The van der Waals surface area contributed by atoms with Gasteiger partial charge in [0.1, 0.15) is 17.9 Å². The Labute approximate surface area is 178 Å². The maximum Gasteiger partial charge on any atom is 0.272 e. The van der Waals surface area contributed by atoms with E-state index in [1.54, 1.807) is 22.8 Å². The molecule has 4 heterocycles. The summed E-state index contributed by atoms with van der Waals surface area (Å²) in [5.41, 5.74) is 2.25. The molecule has 2 aromatic carbocycles.